The van der Waals surface area contributed by atoms with E-state index in [1.165, 1.54) is 17.5 Å². The van der Waals surface area contributed by atoms with Gasteiger partial charge in [0.25, 0.3) is 0 Å². The van der Waals surface area contributed by atoms with Crippen molar-refractivity contribution >= 4 is 0 Å². The number of hydrogen-bond donors (Lipinski definition) is 1. The van der Waals surface area contributed by atoms with E-state index in [9.17, 15) is 0 Å². The summed E-state index contributed by atoms with van der Waals surface area (Å²) in [4.78, 5) is 8.45. The van der Waals surface area contributed by atoms with Crippen LogP contribution in [0.5, 0.6) is 0 Å². The number of fused-ring (bicyclic) bond motifs is 1. The minimum absolute atomic E-state index is 0.515. The molecule has 1 heterocycles. The summed E-state index contributed by atoms with van der Waals surface area (Å²) in [6.07, 6.45) is 7.59. The summed E-state index contributed by atoms with van der Waals surface area (Å²) in [7, 11) is 2.02. The highest BCUT2D eigenvalue weighted by atomic mass is 14.9. The molecule has 3 nitrogen and oxygen atoms in total. The van der Waals surface area contributed by atoms with Crippen molar-refractivity contribution in [2.45, 2.75) is 18.9 Å². The van der Waals surface area contributed by atoms with Crippen molar-refractivity contribution in [2.75, 3.05) is 7.05 Å². The van der Waals surface area contributed by atoms with Gasteiger partial charge in [-0.2, -0.15) is 0 Å². The third-order valence-electron chi connectivity index (χ3n) is 3.43. The number of hydrogen-bond acceptors (Lipinski definition) is 3. The monoisotopic (exact) mass is 225 g/mol. The Morgan fingerprint density at radius 3 is 3.00 bits per heavy atom. The lowest BCUT2D eigenvalue weighted by molar-refractivity contribution is 0.590. The Bertz CT molecular complexity index is 522. The van der Waals surface area contributed by atoms with Crippen LogP contribution in [0.4, 0.5) is 0 Å². The van der Waals surface area contributed by atoms with Gasteiger partial charge in [0, 0.05) is 24.0 Å². The lowest BCUT2D eigenvalue weighted by Gasteiger charge is -2.10. The van der Waals surface area contributed by atoms with E-state index in [2.05, 4.69) is 33.5 Å². The lowest BCUT2D eigenvalue weighted by Crippen LogP contribution is -2.12. The van der Waals surface area contributed by atoms with Crippen LogP contribution in [-0.2, 0) is 6.42 Å². The average Bonchev–Trinajstić information content (AvgIpc) is 2.81. The normalized spacial score (nSPS) is 18.1. The fraction of sp³-hybridized carbons (Fsp3) is 0.286. The summed E-state index contributed by atoms with van der Waals surface area (Å²) in [5, 5.41) is 3.35. The maximum Gasteiger partial charge on any atom is 0.0885 e. The maximum atomic E-state index is 4.34. The molecule has 1 atom stereocenters. The SMILES string of the molecule is CNC1CCc2cc(-c3cnccn3)ccc21. The van der Waals surface area contributed by atoms with E-state index in [0.717, 1.165) is 17.7 Å². The summed E-state index contributed by atoms with van der Waals surface area (Å²) in [5.41, 5.74) is 4.98. The van der Waals surface area contributed by atoms with Crippen molar-refractivity contribution in [3.63, 3.8) is 0 Å². The van der Waals surface area contributed by atoms with E-state index in [0.29, 0.717) is 6.04 Å². The number of nitrogens with one attached hydrogen (secondary N) is 1. The van der Waals surface area contributed by atoms with Crippen LogP contribution < -0.4 is 5.32 Å². The third kappa shape index (κ3) is 1.83. The summed E-state index contributed by atoms with van der Waals surface area (Å²) in [6.45, 7) is 0. The molecule has 2 aromatic rings. The van der Waals surface area contributed by atoms with Crippen molar-refractivity contribution in [3.8, 4) is 11.3 Å². The average molecular weight is 225 g/mol. The Morgan fingerprint density at radius 1 is 1.29 bits per heavy atom. The van der Waals surface area contributed by atoms with Crippen LogP contribution in [-0.4, -0.2) is 17.0 Å². The van der Waals surface area contributed by atoms with E-state index in [1.54, 1.807) is 12.4 Å². The molecule has 1 N–H and O–H groups in total. The van der Waals surface area contributed by atoms with E-state index >= 15 is 0 Å². The molecule has 0 bridgehead atoms. The van der Waals surface area contributed by atoms with Crippen molar-refractivity contribution in [3.05, 3.63) is 47.9 Å². The van der Waals surface area contributed by atoms with Crippen molar-refractivity contribution in [2.24, 2.45) is 0 Å². The second-order valence-corrected chi connectivity index (χ2v) is 4.38. The third-order valence-corrected chi connectivity index (χ3v) is 3.43. The van der Waals surface area contributed by atoms with Gasteiger partial charge >= 0.3 is 0 Å². The van der Waals surface area contributed by atoms with Crippen LogP contribution in [0.15, 0.2) is 36.8 Å². The van der Waals surface area contributed by atoms with Gasteiger partial charge in [-0.05, 0) is 37.1 Å². The van der Waals surface area contributed by atoms with E-state index < -0.39 is 0 Å². The highest BCUT2D eigenvalue weighted by Crippen LogP contribution is 2.33. The number of benzene rings is 1. The van der Waals surface area contributed by atoms with Gasteiger partial charge in [-0.3, -0.25) is 9.97 Å². The summed E-state index contributed by atoms with van der Waals surface area (Å²) < 4.78 is 0. The van der Waals surface area contributed by atoms with Gasteiger partial charge in [0.2, 0.25) is 0 Å². The highest BCUT2D eigenvalue weighted by molar-refractivity contribution is 5.60. The molecule has 1 aromatic carbocycles. The molecule has 1 aliphatic carbocycles. The van der Waals surface area contributed by atoms with Crippen LogP contribution in [0.1, 0.15) is 23.6 Å². The van der Waals surface area contributed by atoms with Crippen LogP contribution in [0.25, 0.3) is 11.3 Å². The fourth-order valence-electron chi connectivity index (χ4n) is 2.52. The quantitative estimate of drug-likeness (QED) is 0.852. The van der Waals surface area contributed by atoms with Crippen LogP contribution >= 0.6 is 0 Å². The number of aryl methyl sites for hydroxylation is 1. The molecule has 0 saturated carbocycles. The number of nitrogens with zero attached hydrogens (tertiary/aromatic N) is 2. The standard InChI is InChI=1S/C14H15N3/c1-15-13-5-3-10-8-11(2-4-12(10)13)14-9-16-6-7-17-14/h2,4,6-9,13,15H,3,5H2,1H3. The van der Waals surface area contributed by atoms with Crippen LogP contribution in [0, 0.1) is 0 Å². The molecule has 1 unspecified atom stereocenters. The molecule has 0 spiro atoms. The first-order valence-electron chi connectivity index (χ1n) is 5.95. The Morgan fingerprint density at radius 2 is 2.24 bits per heavy atom. The minimum atomic E-state index is 0.515. The van der Waals surface area contributed by atoms with Gasteiger partial charge in [-0.15, -0.1) is 0 Å². The number of rotatable bonds is 2. The molecule has 0 radical (unpaired) electrons. The topological polar surface area (TPSA) is 37.8 Å². The van der Waals surface area contributed by atoms with Crippen LogP contribution in [0.2, 0.25) is 0 Å². The maximum absolute atomic E-state index is 4.34. The van der Waals surface area contributed by atoms with Gasteiger partial charge < -0.3 is 5.32 Å². The molecular weight excluding hydrogens is 210 g/mol. The van der Waals surface area contributed by atoms with Gasteiger partial charge in [-0.25, -0.2) is 0 Å². The summed E-state index contributed by atoms with van der Waals surface area (Å²) >= 11 is 0. The zero-order valence-corrected chi connectivity index (χ0v) is 9.85. The summed E-state index contributed by atoms with van der Waals surface area (Å²) in [6, 6.07) is 7.11. The predicted octanol–water partition coefficient (Wildman–Crippen LogP) is 2.35. The minimum Gasteiger partial charge on any atom is -0.313 e. The largest absolute Gasteiger partial charge is 0.313 e. The van der Waals surface area contributed by atoms with Crippen LogP contribution in [0.3, 0.4) is 0 Å². The first-order chi connectivity index (χ1) is 8.38. The molecule has 0 amide bonds. The number of aromatic nitrogens is 2. The van der Waals surface area contributed by atoms with Crippen molar-refractivity contribution in [1.82, 2.24) is 15.3 Å². The zero-order chi connectivity index (χ0) is 11.7. The molecule has 0 aliphatic heterocycles. The Labute approximate surface area is 101 Å². The summed E-state index contributed by atoms with van der Waals surface area (Å²) in [5.74, 6) is 0. The van der Waals surface area contributed by atoms with Gasteiger partial charge in [0.15, 0.2) is 0 Å². The highest BCUT2D eigenvalue weighted by Gasteiger charge is 2.21. The Balaban J connectivity index is 2.01. The van der Waals surface area contributed by atoms with Crippen molar-refractivity contribution < 1.29 is 0 Å². The molecular formula is C14H15N3. The smallest absolute Gasteiger partial charge is 0.0885 e. The van der Waals surface area contributed by atoms with E-state index in [4.69, 9.17) is 0 Å². The second kappa shape index (κ2) is 4.26. The molecule has 0 fully saturated rings. The second-order valence-electron chi connectivity index (χ2n) is 4.38. The van der Waals surface area contributed by atoms with Gasteiger partial charge in [-0.1, -0.05) is 12.1 Å². The molecule has 86 valence electrons. The molecule has 3 heteroatoms. The van der Waals surface area contributed by atoms with E-state index in [-0.39, 0.29) is 0 Å². The molecule has 3 rings (SSSR count). The molecule has 1 aliphatic rings. The Kier molecular flexibility index (Phi) is 2.61. The predicted molar refractivity (Wildman–Crippen MR) is 67.6 cm³/mol. The zero-order valence-electron chi connectivity index (χ0n) is 9.85. The fourth-order valence-corrected chi connectivity index (χ4v) is 2.52. The molecule has 17 heavy (non-hydrogen) atoms. The Hall–Kier alpha value is -1.74. The lowest BCUT2D eigenvalue weighted by atomic mass is 10.0. The molecule has 0 saturated heterocycles. The first-order valence-corrected chi connectivity index (χ1v) is 5.95. The van der Waals surface area contributed by atoms with Crippen molar-refractivity contribution in [1.29, 1.82) is 0 Å². The van der Waals surface area contributed by atoms with E-state index in [1.807, 2.05) is 13.2 Å². The van der Waals surface area contributed by atoms with Gasteiger partial charge in [0.1, 0.15) is 0 Å². The van der Waals surface area contributed by atoms with Gasteiger partial charge in [0.05, 0.1) is 11.9 Å². The first kappa shape index (κ1) is 10.4. The molecule has 1 aromatic heterocycles.